The first-order valence-corrected chi connectivity index (χ1v) is 7.03. The Labute approximate surface area is 129 Å². The molecular formula is C13H10FNO4S2. The van der Waals surface area contributed by atoms with Gasteiger partial charge in [0.2, 0.25) is 0 Å². The molecule has 1 fully saturated rings. The average Bonchev–Trinajstić information content (AvgIpc) is 2.70. The van der Waals surface area contributed by atoms with Crippen molar-refractivity contribution < 1.29 is 24.2 Å². The van der Waals surface area contributed by atoms with E-state index in [2.05, 4.69) is 0 Å². The number of hydrogen-bond acceptors (Lipinski definition) is 5. The number of benzene rings is 1. The van der Waals surface area contributed by atoms with Gasteiger partial charge < -0.3 is 10.2 Å². The Hall–Kier alpha value is -1.77. The molecule has 1 saturated heterocycles. The zero-order valence-electron chi connectivity index (χ0n) is 10.5. The van der Waals surface area contributed by atoms with Crippen LogP contribution in [0.2, 0.25) is 0 Å². The zero-order valence-corrected chi connectivity index (χ0v) is 12.2. The number of thiocarbonyl (C=S) groups is 1. The normalized spacial score (nSPS) is 18.4. The van der Waals surface area contributed by atoms with E-state index in [4.69, 9.17) is 22.4 Å². The van der Waals surface area contributed by atoms with Crippen LogP contribution in [0.5, 0.6) is 0 Å². The van der Waals surface area contributed by atoms with Crippen molar-refractivity contribution in [1.29, 1.82) is 0 Å². The second kappa shape index (κ2) is 6.33. The molecule has 1 aliphatic heterocycles. The van der Waals surface area contributed by atoms with Gasteiger partial charge in [0.05, 0.1) is 11.5 Å². The maximum Gasteiger partial charge on any atom is 0.329 e. The first kappa shape index (κ1) is 15.6. The molecular weight excluding hydrogens is 317 g/mol. The molecule has 110 valence electrons. The fourth-order valence-electron chi connectivity index (χ4n) is 1.73. The lowest BCUT2D eigenvalue weighted by molar-refractivity contribution is -0.146. The number of halogens is 1. The number of rotatable bonds is 4. The number of hydrogen-bond donors (Lipinski definition) is 2. The fourth-order valence-corrected chi connectivity index (χ4v) is 3.09. The molecule has 0 bridgehead atoms. The minimum absolute atomic E-state index is 0.0646. The van der Waals surface area contributed by atoms with E-state index in [-0.39, 0.29) is 9.23 Å². The Morgan fingerprint density at radius 2 is 2.05 bits per heavy atom. The predicted molar refractivity (Wildman–Crippen MR) is 79.9 cm³/mol. The topological polar surface area (TPSA) is 77.8 Å². The molecule has 1 unspecified atom stereocenters. The third-order valence-electron chi connectivity index (χ3n) is 2.76. The number of thioether (sulfide) groups is 1. The maximum absolute atomic E-state index is 12.8. The van der Waals surface area contributed by atoms with E-state index in [1.807, 2.05) is 0 Å². The largest absolute Gasteiger partial charge is 0.480 e. The lowest BCUT2D eigenvalue weighted by Gasteiger charge is -2.20. The number of aliphatic carboxylic acids is 1. The molecule has 21 heavy (non-hydrogen) atoms. The summed E-state index contributed by atoms with van der Waals surface area (Å²) in [6.07, 6.45) is 1.50. The second-order valence-corrected chi connectivity index (χ2v) is 5.82. The number of carbonyl (C=O) groups excluding carboxylic acids is 1. The number of aliphatic hydroxyl groups is 1. The molecule has 8 heteroatoms. The minimum Gasteiger partial charge on any atom is -0.480 e. The Morgan fingerprint density at radius 3 is 2.57 bits per heavy atom. The molecule has 2 rings (SSSR count). The van der Waals surface area contributed by atoms with Gasteiger partial charge in [0.25, 0.3) is 5.91 Å². The Bertz CT molecular complexity index is 630. The van der Waals surface area contributed by atoms with Crippen molar-refractivity contribution in [3.63, 3.8) is 0 Å². The highest BCUT2D eigenvalue weighted by Crippen LogP contribution is 2.33. The van der Waals surface area contributed by atoms with Crippen LogP contribution in [0.1, 0.15) is 5.56 Å². The van der Waals surface area contributed by atoms with E-state index in [9.17, 15) is 14.0 Å². The van der Waals surface area contributed by atoms with Gasteiger partial charge >= 0.3 is 5.97 Å². The summed E-state index contributed by atoms with van der Waals surface area (Å²) in [7, 11) is 0. The summed E-state index contributed by atoms with van der Waals surface area (Å²) in [6, 6.07) is 4.07. The van der Waals surface area contributed by atoms with Gasteiger partial charge in [0, 0.05) is 0 Å². The van der Waals surface area contributed by atoms with Crippen molar-refractivity contribution in [1.82, 2.24) is 4.90 Å². The third-order valence-corrected chi connectivity index (χ3v) is 4.09. The van der Waals surface area contributed by atoms with E-state index in [0.29, 0.717) is 5.56 Å². The van der Waals surface area contributed by atoms with Crippen LogP contribution in [-0.2, 0) is 9.59 Å². The van der Waals surface area contributed by atoms with E-state index in [0.717, 1.165) is 16.7 Å². The van der Waals surface area contributed by atoms with Crippen LogP contribution < -0.4 is 0 Å². The maximum atomic E-state index is 12.8. The van der Waals surface area contributed by atoms with E-state index >= 15 is 0 Å². The number of carbonyl (C=O) groups is 2. The van der Waals surface area contributed by atoms with Gasteiger partial charge in [-0.15, -0.1) is 0 Å². The summed E-state index contributed by atoms with van der Waals surface area (Å²) in [5.41, 5.74) is 0.591. The summed E-state index contributed by atoms with van der Waals surface area (Å²) < 4.78 is 12.9. The summed E-state index contributed by atoms with van der Waals surface area (Å²) in [5, 5.41) is 18.1. The molecule has 1 aromatic rings. The van der Waals surface area contributed by atoms with Gasteiger partial charge in [0.15, 0.2) is 6.04 Å². The Morgan fingerprint density at radius 1 is 1.43 bits per heavy atom. The molecule has 0 radical (unpaired) electrons. The molecule has 0 aliphatic carbocycles. The van der Waals surface area contributed by atoms with Crippen molar-refractivity contribution in [2.45, 2.75) is 6.04 Å². The van der Waals surface area contributed by atoms with Crippen molar-refractivity contribution in [2.24, 2.45) is 0 Å². The molecule has 0 aromatic heterocycles. The van der Waals surface area contributed by atoms with Crippen LogP contribution >= 0.6 is 24.0 Å². The summed E-state index contributed by atoms with van der Waals surface area (Å²) in [4.78, 5) is 24.3. The van der Waals surface area contributed by atoms with Crippen LogP contribution in [0.15, 0.2) is 29.2 Å². The summed E-state index contributed by atoms with van der Waals surface area (Å²) in [6.45, 7) is -0.731. The van der Waals surface area contributed by atoms with Crippen LogP contribution in [0, 0.1) is 5.82 Å². The van der Waals surface area contributed by atoms with Crippen molar-refractivity contribution in [3.05, 3.63) is 40.6 Å². The Balaban J connectivity index is 2.29. The number of carboxylic acid groups (broad SMARTS) is 1. The first-order valence-electron chi connectivity index (χ1n) is 5.80. The lowest BCUT2D eigenvalue weighted by atomic mass is 10.2. The number of nitrogens with zero attached hydrogens (tertiary/aromatic N) is 1. The summed E-state index contributed by atoms with van der Waals surface area (Å²) in [5.74, 6) is -2.32. The number of amides is 1. The average molecular weight is 327 g/mol. The van der Waals surface area contributed by atoms with Crippen LogP contribution in [0.3, 0.4) is 0 Å². The quantitative estimate of drug-likeness (QED) is 0.644. The van der Waals surface area contributed by atoms with Crippen molar-refractivity contribution in [2.75, 3.05) is 6.61 Å². The second-order valence-electron chi connectivity index (χ2n) is 4.14. The molecule has 1 heterocycles. The third kappa shape index (κ3) is 3.29. The molecule has 0 saturated carbocycles. The predicted octanol–water partition coefficient (Wildman–Crippen LogP) is 1.47. The van der Waals surface area contributed by atoms with Crippen LogP contribution in [0.4, 0.5) is 4.39 Å². The smallest absolute Gasteiger partial charge is 0.329 e. The van der Waals surface area contributed by atoms with Gasteiger partial charge in [-0.25, -0.2) is 9.18 Å². The van der Waals surface area contributed by atoms with Gasteiger partial charge in [-0.1, -0.05) is 36.1 Å². The zero-order chi connectivity index (χ0) is 15.6. The minimum atomic E-state index is -1.41. The summed E-state index contributed by atoms with van der Waals surface area (Å²) >= 11 is 5.93. The monoisotopic (exact) mass is 327 g/mol. The van der Waals surface area contributed by atoms with Crippen LogP contribution in [0.25, 0.3) is 6.08 Å². The molecule has 5 nitrogen and oxygen atoms in total. The van der Waals surface area contributed by atoms with E-state index in [1.54, 1.807) is 0 Å². The van der Waals surface area contributed by atoms with E-state index in [1.165, 1.54) is 30.3 Å². The molecule has 1 aromatic carbocycles. The first-order chi connectivity index (χ1) is 9.93. The Kier molecular flexibility index (Phi) is 4.71. The standard InChI is InChI=1S/C13H10FNO4S2/c14-8-3-1-7(2-4-8)5-10-11(17)15(13(20)21-10)9(6-16)12(18)19/h1-5,9,16H,6H2,(H,18,19)/b10-5-. The number of aliphatic hydroxyl groups excluding tert-OH is 1. The van der Waals surface area contributed by atoms with Gasteiger partial charge in [-0.2, -0.15) is 0 Å². The molecule has 1 aliphatic rings. The van der Waals surface area contributed by atoms with Gasteiger partial charge in [-0.05, 0) is 23.8 Å². The molecule has 2 N–H and O–H groups in total. The van der Waals surface area contributed by atoms with Crippen molar-refractivity contribution in [3.8, 4) is 0 Å². The lowest BCUT2D eigenvalue weighted by Crippen LogP contribution is -2.46. The highest BCUT2D eigenvalue weighted by molar-refractivity contribution is 8.26. The van der Waals surface area contributed by atoms with E-state index < -0.39 is 30.3 Å². The molecule has 1 amide bonds. The van der Waals surface area contributed by atoms with Gasteiger partial charge in [-0.3, -0.25) is 9.69 Å². The highest BCUT2D eigenvalue weighted by atomic mass is 32.2. The SMILES string of the molecule is O=C(O)C(CO)N1C(=O)/C(=C/c2ccc(F)cc2)SC1=S. The van der Waals surface area contributed by atoms with Crippen LogP contribution in [-0.4, -0.2) is 44.0 Å². The fraction of sp³-hybridized carbons (Fsp3) is 0.154. The molecule has 1 atom stereocenters. The molecule has 0 spiro atoms. The number of carboxylic acids is 1. The van der Waals surface area contributed by atoms with Gasteiger partial charge in [0.1, 0.15) is 10.1 Å². The highest BCUT2D eigenvalue weighted by Gasteiger charge is 2.40. The van der Waals surface area contributed by atoms with Crippen molar-refractivity contribution >= 4 is 46.3 Å².